The zero-order chi connectivity index (χ0) is 4.41. The number of hydrogen-bond acceptors (Lipinski definition) is 1. The van der Waals surface area contributed by atoms with Crippen LogP contribution >= 0.6 is 0 Å². The van der Waals surface area contributed by atoms with Crippen molar-refractivity contribution in [2.45, 2.75) is 7.43 Å². The lowest BCUT2D eigenvalue weighted by Gasteiger charge is -1.68. The highest BCUT2D eigenvalue weighted by molar-refractivity contribution is 5.12. The molecule has 1 rings (SSSR count). The molecule has 0 aliphatic carbocycles. The molecular formula is C5H9NO. The highest BCUT2D eigenvalue weighted by Crippen LogP contribution is 2.00. The van der Waals surface area contributed by atoms with Crippen LogP contribution in [0.25, 0.3) is 0 Å². The molecule has 0 bridgehead atoms. The summed E-state index contributed by atoms with van der Waals surface area (Å²) in [5.74, 6) is 0.287. The van der Waals surface area contributed by atoms with Crippen molar-refractivity contribution in [1.29, 1.82) is 0 Å². The zero-order valence-corrected chi connectivity index (χ0v) is 3.18. The van der Waals surface area contributed by atoms with E-state index in [2.05, 4.69) is 4.98 Å². The summed E-state index contributed by atoms with van der Waals surface area (Å²) in [5, 5.41) is 8.44. The maximum atomic E-state index is 8.44. The topological polar surface area (TPSA) is 36.0 Å². The van der Waals surface area contributed by atoms with Crippen LogP contribution in [-0.4, -0.2) is 10.1 Å². The Morgan fingerprint density at radius 1 is 1.57 bits per heavy atom. The maximum absolute atomic E-state index is 8.44. The first-order valence-electron chi connectivity index (χ1n) is 1.71. The fourth-order valence-electron chi connectivity index (χ4n) is 0.315. The van der Waals surface area contributed by atoms with Gasteiger partial charge >= 0.3 is 0 Å². The van der Waals surface area contributed by atoms with Gasteiger partial charge in [-0.15, -0.1) is 0 Å². The van der Waals surface area contributed by atoms with Gasteiger partial charge in [-0.25, -0.2) is 0 Å². The average Bonchev–Trinajstić information content (AvgIpc) is 1.86. The van der Waals surface area contributed by atoms with Gasteiger partial charge in [0.2, 0.25) is 0 Å². The highest BCUT2D eigenvalue weighted by atomic mass is 16.3. The van der Waals surface area contributed by atoms with Crippen molar-refractivity contribution in [3.63, 3.8) is 0 Å². The normalized spacial score (nSPS) is 7.43. The number of aromatic nitrogens is 1. The summed E-state index contributed by atoms with van der Waals surface area (Å²) in [4.78, 5) is 2.68. The van der Waals surface area contributed by atoms with E-state index < -0.39 is 0 Å². The van der Waals surface area contributed by atoms with Gasteiger partial charge in [-0.3, -0.25) is 0 Å². The standard InChI is InChI=1S/C4H5NO.CH4/c6-4-1-2-5-3-4;/h1-3,5-6H;1H4. The Morgan fingerprint density at radius 3 is 2.43 bits per heavy atom. The lowest BCUT2D eigenvalue weighted by Crippen LogP contribution is -1.44. The van der Waals surface area contributed by atoms with E-state index in [1.807, 2.05) is 0 Å². The van der Waals surface area contributed by atoms with Crippen LogP contribution in [0.4, 0.5) is 0 Å². The second-order valence-corrected chi connectivity index (χ2v) is 1.07. The van der Waals surface area contributed by atoms with Gasteiger partial charge < -0.3 is 10.1 Å². The molecule has 40 valence electrons. The first kappa shape index (κ1) is 6.08. The molecule has 0 saturated heterocycles. The third-order valence-corrected chi connectivity index (χ3v) is 0.582. The van der Waals surface area contributed by atoms with Crippen LogP contribution in [0.3, 0.4) is 0 Å². The minimum absolute atomic E-state index is 0. The van der Waals surface area contributed by atoms with Crippen LogP contribution < -0.4 is 0 Å². The molecule has 0 saturated carbocycles. The van der Waals surface area contributed by atoms with Gasteiger partial charge in [0.25, 0.3) is 0 Å². The molecule has 0 aromatic carbocycles. The van der Waals surface area contributed by atoms with Crippen LogP contribution in [0, 0.1) is 0 Å². The number of H-pyrrole nitrogens is 1. The van der Waals surface area contributed by atoms with E-state index in [0.29, 0.717) is 0 Å². The van der Waals surface area contributed by atoms with E-state index in [4.69, 9.17) is 5.11 Å². The summed E-state index contributed by atoms with van der Waals surface area (Å²) < 4.78 is 0. The minimum Gasteiger partial charge on any atom is -0.506 e. The van der Waals surface area contributed by atoms with E-state index in [1.54, 1.807) is 12.3 Å². The Morgan fingerprint density at radius 2 is 2.29 bits per heavy atom. The summed E-state index contributed by atoms with van der Waals surface area (Å²) in [5.41, 5.74) is 0. The molecule has 0 aliphatic rings. The zero-order valence-electron chi connectivity index (χ0n) is 3.18. The molecule has 0 unspecified atom stereocenters. The van der Waals surface area contributed by atoms with Crippen molar-refractivity contribution >= 4 is 0 Å². The number of hydrogen-bond donors (Lipinski definition) is 2. The average molecular weight is 99.1 g/mol. The second-order valence-electron chi connectivity index (χ2n) is 1.07. The lowest BCUT2D eigenvalue weighted by atomic mass is 10.6. The largest absolute Gasteiger partial charge is 0.506 e. The molecule has 0 aliphatic heterocycles. The first-order valence-corrected chi connectivity index (χ1v) is 1.71. The van der Waals surface area contributed by atoms with Gasteiger partial charge in [0.05, 0.1) is 0 Å². The number of nitrogens with one attached hydrogen (secondary N) is 1. The molecule has 2 heteroatoms. The van der Waals surface area contributed by atoms with Gasteiger partial charge in [0.1, 0.15) is 5.75 Å². The Balaban J connectivity index is 0.000000360. The Hall–Kier alpha value is -0.920. The number of rotatable bonds is 0. The molecule has 0 amide bonds. The van der Waals surface area contributed by atoms with E-state index in [1.165, 1.54) is 6.20 Å². The van der Waals surface area contributed by atoms with Gasteiger partial charge in [-0.1, -0.05) is 7.43 Å². The lowest BCUT2D eigenvalue weighted by molar-refractivity contribution is 0.476. The van der Waals surface area contributed by atoms with Crippen LogP contribution in [0.1, 0.15) is 7.43 Å². The smallest absolute Gasteiger partial charge is 0.132 e. The number of aromatic amines is 1. The van der Waals surface area contributed by atoms with Gasteiger partial charge in [-0.05, 0) is 6.07 Å². The van der Waals surface area contributed by atoms with Gasteiger partial charge in [0.15, 0.2) is 0 Å². The first-order chi connectivity index (χ1) is 2.89. The van der Waals surface area contributed by atoms with Gasteiger partial charge in [0, 0.05) is 12.4 Å². The molecule has 1 heterocycles. The molecule has 0 spiro atoms. The monoisotopic (exact) mass is 99.1 g/mol. The fraction of sp³-hybridized carbons (Fsp3) is 0.200. The summed E-state index contributed by atoms with van der Waals surface area (Å²) >= 11 is 0. The molecule has 2 N–H and O–H groups in total. The Kier molecular flexibility index (Phi) is 1.99. The predicted octanol–water partition coefficient (Wildman–Crippen LogP) is 1.36. The van der Waals surface area contributed by atoms with Crippen molar-refractivity contribution < 1.29 is 5.11 Å². The third kappa shape index (κ3) is 1.30. The molecule has 1 aromatic rings. The van der Waals surface area contributed by atoms with Crippen molar-refractivity contribution in [3.8, 4) is 5.75 Å². The molecule has 1 aromatic heterocycles. The molecule has 0 fully saturated rings. The summed E-state index contributed by atoms with van der Waals surface area (Å²) in [6.45, 7) is 0. The van der Waals surface area contributed by atoms with E-state index >= 15 is 0 Å². The Bertz CT molecular complexity index is 112. The van der Waals surface area contributed by atoms with E-state index in [0.717, 1.165) is 0 Å². The highest BCUT2D eigenvalue weighted by Gasteiger charge is 1.76. The molecule has 0 radical (unpaired) electrons. The quantitative estimate of drug-likeness (QED) is 0.506. The van der Waals surface area contributed by atoms with Crippen molar-refractivity contribution in [3.05, 3.63) is 18.5 Å². The van der Waals surface area contributed by atoms with Crippen molar-refractivity contribution in [2.75, 3.05) is 0 Å². The fourth-order valence-corrected chi connectivity index (χ4v) is 0.315. The van der Waals surface area contributed by atoms with Crippen molar-refractivity contribution in [1.82, 2.24) is 4.98 Å². The van der Waals surface area contributed by atoms with Crippen LogP contribution in [-0.2, 0) is 0 Å². The second kappa shape index (κ2) is 2.29. The van der Waals surface area contributed by atoms with Crippen LogP contribution in [0.15, 0.2) is 18.5 Å². The predicted molar refractivity (Wildman–Crippen MR) is 29.2 cm³/mol. The maximum Gasteiger partial charge on any atom is 0.132 e. The number of aromatic hydroxyl groups is 1. The van der Waals surface area contributed by atoms with Crippen LogP contribution in [0.2, 0.25) is 0 Å². The molecular weight excluding hydrogens is 90.1 g/mol. The third-order valence-electron chi connectivity index (χ3n) is 0.582. The van der Waals surface area contributed by atoms with Crippen molar-refractivity contribution in [2.24, 2.45) is 0 Å². The SMILES string of the molecule is C.Oc1cc[nH]c1. The summed E-state index contributed by atoms with van der Waals surface area (Å²) in [6.07, 6.45) is 3.18. The van der Waals surface area contributed by atoms with Crippen LogP contribution in [0.5, 0.6) is 5.75 Å². The Labute approximate surface area is 42.8 Å². The van der Waals surface area contributed by atoms with Gasteiger partial charge in [-0.2, -0.15) is 0 Å². The molecule has 7 heavy (non-hydrogen) atoms. The van der Waals surface area contributed by atoms with E-state index in [9.17, 15) is 0 Å². The molecule has 0 atom stereocenters. The summed E-state index contributed by atoms with van der Waals surface area (Å²) in [7, 11) is 0. The molecule has 2 nitrogen and oxygen atoms in total. The minimum atomic E-state index is 0. The van der Waals surface area contributed by atoms with E-state index in [-0.39, 0.29) is 13.2 Å². The summed E-state index contributed by atoms with van der Waals surface area (Å²) in [6, 6.07) is 1.58.